The van der Waals surface area contributed by atoms with Gasteiger partial charge in [0.25, 0.3) is 0 Å². The second kappa shape index (κ2) is 6.04. The molecule has 1 aliphatic rings. The Hall–Kier alpha value is -2.05. The summed E-state index contributed by atoms with van der Waals surface area (Å²) < 4.78 is 18.5. The number of hydrogen-bond donors (Lipinski definition) is 0. The number of fused-ring (bicyclic) bond motifs is 1. The van der Waals surface area contributed by atoms with Crippen LogP contribution in [0, 0.1) is 18.2 Å². The zero-order chi connectivity index (χ0) is 12.8. The summed E-state index contributed by atoms with van der Waals surface area (Å²) in [6.45, 7) is 0.726. The minimum Gasteiger partial charge on any atom is -0.496 e. The first-order valence-corrected chi connectivity index (χ1v) is 6.25. The molecule has 0 amide bonds. The van der Waals surface area contributed by atoms with E-state index in [0.717, 1.165) is 6.61 Å². The van der Waals surface area contributed by atoms with Crippen LogP contribution >= 0.6 is 11.3 Å². The van der Waals surface area contributed by atoms with E-state index < -0.39 is 0 Å². The second-order valence-electron chi connectivity index (χ2n) is 3.55. The Bertz CT molecular complexity index is 631. The highest BCUT2D eigenvalue weighted by Crippen LogP contribution is 1.99. The summed E-state index contributed by atoms with van der Waals surface area (Å²) in [6.07, 6.45) is 8.94. The Balaban J connectivity index is 0.000000134. The fraction of sp³-hybridized carbons (Fsp3) is 0.0667. The van der Waals surface area contributed by atoms with Crippen molar-refractivity contribution < 1.29 is 9.13 Å². The van der Waals surface area contributed by atoms with E-state index >= 15 is 0 Å². The number of terminal acetylenes is 1. The Morgan fingerprint density at radius 3 is 2.67 bits per heavy atom. The summed E-state index contributed by atoms with van der Waals surface area (Å²) in [6, 6.07) is 7.92. The van der Waals surface area contributed by atoms with E-state index in [4.69, 9.17) is 11.2 Å². The number of thiophene rings is 1. The summed E-state index contributed by atoms with van der Waals surface area (Å²) >= 11 is 1.71. The van der Waals surface area contributed by atoms with Crippen molar-refractivity contribution >= 4 is 23.7 Å². The smallest absolute Gasteiger partial charge is 0.123 e. The maximum atomic E-state index is 12.2. The number of halogens is 1. The van der Waals surface area contributed by atoms with E-state index in [9.17, 15) is 4.39 Å². The van der Waals surface area contributed by atoms with Gasteiger partial charge in [-0.2, -0.15) is 0 Å². The fourth-order valence-corrected chi connectivity index (χ4v) is 2.18. The summed E-state index contributed by atoms with van der Waals surface area (Å²) in [5.41, 5.74) is 0.705. The van der Waals surface area contributed by atoms with E-state index in [-0.39, 0.29) is 5.82 Å². The first-order chi connectivity index (χ1) is 8.79. The highest BCUT2D eigenvalue weighted by Gasteiger charge is 1.91. The van der Waals surface area contributed by atoms with Crippen molar-refractivity contribution in [2.45, 2.75) is 0 Å². The lowest BCUT2D eigenvalue weighted by Crippen LogP contribution is -2.21. The van der Waals surface area contributed by atoms with Gasteiger partial charge in [0.2, 0.25) is 0 Å². The molecule has 90 valence electrons. The Labute approximate surface area is 109 Å². The third-order valence-electron chi connectivity index (χ3n) is 2.33. The SMILES string of the molecule is C#Cc1ccc(F)cc1.C1=c2ccsc2=COC1. The maximum Gasteiger partial charge on any atom is 0.123 e. The number of rotatable bonds is 0. The van der Waals surface area contributed by atoms with Crippen LogP contribution in [0.2, 0.25) is 0 Å². The summed E-state index contributed by atoms with van der Waals surface area (Å²) in [5, 5.41) is 3.39. The molecular formula is C15H11FOS. The molecule has 2 heterocycles. The van der Waals surface area contributed by atoms with Crippen LogP contribution in [-0.2, 0) is 4.74 Å². The molecule has 0 saturated carbocycles. The van der Waals surface area contributed by atoms with Gasteiger partial charge in [0.05, 0.1) is 4.53 Å². The Kier molecular flexibility index (Phi) is 4.16. The molecule has 0 unspecified atom stereocenters. The van der Waals surface area contributed by atoms with Crippen LogP contribution in [0.15, 0.2) is 35.7 Å². The molecule has 2 aromatic rings. The normalized spacial score (nSPS) is 11.6. The van der Waals surface area contributed by atoms with Crippen molar-refractivity contribution in [3.05, 3.63) is 56.8 Å². The molecule has 0 bridgehead atoms. The molecule has 1 aromatic heterocycles. The van der Waals surface area contributed by atoms with Crippen LogP contribution in [0.4, 0.5) is 4.39 Å². The molecule has 1 aliphatic heterocycles. The maximum absolute atomic E-state index is 12.2. The molecule has 0 radical (unpaired) electrons. The number of ether oxygens (including phenoxy) is 1. The van der Waals surface area contributed by atoms with Crippen LogP contribution in [0.1, 0.15) is 5.56 Å². The van der Waals surface area contributed by atoms with Gasteiger partial charge in [-0.25, -0.2) is 4.39 Å². The standard InChI is InChI=1S/C8H5F.C7H6OS/c1-2-7-3-5-8(9)6-4-7;1-3-8-5-7-6(1)2-4-9-7/h1,3-6H;1-2,4-5H,3H2. The van der Waals surface area contributed by atoms with Gasteiger partial charge in [-0.15, -0.1) is 17.8 Å². The molecule has 0 aliphatic carbocycles. The highest BCUT2D eigenvalue weighted by atomic mass is 32.1. The predicted octanol–water partition coefficient (Wildman–Crippen LogP) is 2.10. The lowest BCUT2D eigenvalue weighted by molar-refractivity contribution is 0.347. The summed E-state index contributed by atoms with van der Waals surface area (Å²) in [4.78, 5) is 0. The molecule has 18 heavy (non-hydrogen) atoms. The molecule has 0 spiro atoms. The molecule has 0 N–H and O–H groups in total. The average molecular weight is 258 g/mol. The van der Waals surface area contributed by atoms with Crippen LogP contribution < -0.4 is 9.75 Å². The molecule has 3 rings (SSSR count). The van der Waals surface area contributed by atoms with E-state index in [1.54, 1.807) is 23.5 Å². The molecular weight excluding hydrogens is 247 g/mol. The van der Waals surface area contributed by atoms with Gasteiger partial charge < -0.3 is 4.74 Å². The minimum absolute atomic E-state index is 0.256. The first-order valence-electron chi connectivity index (χ1n) is 5.37. The van der Waals surface area contributed by atoms with Gasteiger partial charge in [0.15, 0.2) is 0 Å². The van der Waals surface area contributed by atoms with Crippen LogP contribution in [0.5, 0.6) is 0 Å². The monoisotopic (exact) mass is 258 g/mol. The second-order valence-corrected chi connectivity index (χ2v) is 4.49. The van der Waals surface area contributed by atoms with Gasteiger partial charge >= 0.3 is 0 Å². The average Bonchev–Trinajstić information content (AvgIpc) is 2.89. The molecule has 0 atom stereocenters. The third kappa shape index (κ3) is 3.22. The van der Waals surface area contributed by atoms with E-state index in [0.29, 0.717) is 5.56 Å². The quantitative estimate of drug-likeness (QED) is 0.658. The fourth-order valence-electron chi connectivity index (χ4n) is 1.40. The molecule has 0 fully saturated rings. The molecule has 0 saturated heterocycles. The molecule has 3 heteroatoms. The zero-order valence-electron chi connectivity index (χ0n) is 9.60. The molecule has 1 nitrogen and oxygen atoms in total. The van der Waals surface area contributed by atoms with Crippen molar-refractivity contribution in [1.29, 1.82) is 0 Å². The Morgan fingerprint density at radius 2 is 2.00 bits per heavy atom. The highest BCUT2D eigenvalue weighted by molar-refractivity contribution is 7.07. The lowest BCUT2D eigenvalue weighted by atomic mass is 10.2. The largest absolute Gasteiger partial charge is 0.496 e. The number of hydrogen-bond acceptors (Lipinski definition) is 2. The van der Waals surface area contributed by atoms with Crippen LogP contribution in [-0.4, -0.2) is 6.61 Å². The first kappa shape index (κ1) is 12.4. The Morgan fingerprint density at radius 1 is 1.22 bits per heavy atom. The van der Waals surface area contributed by atoms with Crippen molar-refractivity contribution in [3.8, 4) is 12.3 Å². The van der Waals surface area contributed by atoms with Gasteiger partial charge in [0.1, 0.15) is 18.7 Å². The van der Waals surface area contributed by atoms with Gasteiger partial charge in [-0.1, -0.05) is 5.92 Å². The van der Waals surface area contributed by atoms with Crippen molar-refractivity contribution in [2.75, 3.05) is 6.61 Å². The van der Waals surface area contributed by atoms with Crippen LogP contribution in [0.3, 0.4) is 0 Å². The number of benzene rings is 1. The van der Waals surface area contributed by atoms with Crippen LogP contribution in [0.25, 0.3) is 12.3 Å². The van der Waals surface area contributed by atoms with E-state index in [1.807, 2.05) is 6.26 Å². The lowest BCUT2D eigenvalue weighted by Gasteiger charge is -1.96. The summed E-state index contributed by atoms with van der Waals surface area (Å²) in [7, 11) is 0. The zero-order valence-corrected chi connectivity index (χ0v) is 10.4. The van der Waals surface area contributed by atoms with Gasteiger partial charge in [-0.05, 0) is 47.0 Å². The third-order valence-corrected chi connectivity index (χ3v) is 3.19. The van der Waals surface area contributed by atoms with Gasteiger partial charge in [-0.3, -0.25) is 0 Å². The predicted molar refractivity (Wildman–Crippen MR) is 72.8 cm³/mol. The molecule has 1 aromatic carbocycles. The van der Waals surface area contributed by atoms with E-state index in [1.165, 1.54) is 21.9 Å². The minimum atomic E-state index is -0.256. The van der Waals surface area contributed by atoms with Crippen molar-refractivity contribution in [1.82, 2.24) is 0 Å². The van der Waals surface area contributed by atoms with Crippen molar-refractivity contribution in [3.63, 3.8) is 0 Å². The topological polar surface area (TPSA) is 9.23 Å². The summed E-state index contributed by atoms with van der Waals surface area (Å²) in [5.74, 6) is 2.13. The van der Waals surface area contributed by atoms with E-state index in [2.05, 4.69) is 23.4 Å². The van der Waals surface area contributed by atoms with Crippen molar-refractivity contribution in [2.24, 2.45) is 0 Å². The van der Waals surface area contributed by atoms with Gasteiger partial charge in [0, 0.05) is 5.56 Å².